The first-order valence-corrected chi connectivity index (χ1v) is 9.55. The molecule has 5 nitrogen and oxygen atoms in total. The van der Waals surface area contributed by atoms with Gasteiger partial charge in [0.05, 0.1) is 17.9 Å². The van der Waals surface area contributed by atoms with Gasteiger partial charge in [-0.05, 0) is 23.8 Å². The van der Waals surface area contributed by atoms with Crippen molar-refractivity contribution in [2.24, 2.45) is 11.8 Å². The second kappa shape index (κ2) is 5.89. The average Bonchev–Trinajstić information content (AvgIpc) is 3.17. The normalized spacial score (nSPS) is 27.8. The molecule has 3 aliphatic rings. The Bertz CT molecular complexity index is 1010. The molecule has 3 aliphatic heterocycles. The number of Topliss-reactive ketones (excluding diaryl/α,β-unsaturated/α-hetero) is 1. The Kier molecular flexibility index (Phi) is 3.59. The van der Waals surface area contributed by atoms with Crippen LogP contribution in [-0.2, 0) is 9.59 Å². The van der Waals surface area contributed by atoms with Gasteiger partial charge in [-0.25, -0.2) is 0 Å². The van der Waals surface area contributed by atoms with Gasteiger partial charge in [-0.1, -0.05) is 58.4 Å². The molecule has 134 valence electrons. The number of hydrogen-bond donors (Lipinski definition) is 1. The maximum Gasteiger partial charge on any atom is 0.233 e. The molecule has 0 aliphatic carbocycles. The van der Waals surface area contributed by atoms with Crippen LogP contribution in [0.4, 0.5) is 5.69 Å². The van der Waals surface area contributed by atoms with Gasteiger partial charge in [-0.3, -0.25) is 19.7 Å². The zero-order valence-electron chi connectivity index (χ0n) is 14.1. The number of nitrogens with zero attached hydrogens (tertiary/aromatic N) is 1. The first-order chi connectivity index (χ1) is 13.1. The topological polar surface area (TPSA) is 66.5 Å². The van der Waals surface area contributed by atoms with E-state index >= 15 is 0 Å². The first kappa shape index (κ1) is 16.4. The van der Waals surface area contributed by atoms with E-state index in [2.05, 4.69) is 21.2 Å². The highest BCUT2D eigenvalue weighted by Crippen LogP contribution is 2.46. The average molecular weight is 423 g/mol. The monoisotopic (exact) mass is 422 g/mol. The van der Waals surface area contributed by atoms with Crippen molar-refractivity contribution in [2.45, 2.75) is 12.1 Å². The Labute approximate surface area is 164 Å². The molecule has 5 rings (SSSR count). The second-order valence-corrected chi connectivity index (χ2v) is 7.95. The van der Waals surface area contributed by atoms with E-state index in [0.717, 1.165) is 15.7 Å². The third kappa shape index (κ3) is 2.33. The largest absolute Gasteiger partial charge is 0.352 e. The summed E-state index contributed by atoms with van der Waals surface area (Å²) in [7, 11) is 0. The number of carbonyl (C=O) groups is 3. The van der Waals surface area contributed by atoms with Crippen LogP contribution in [0.25, 0.3) is 6.08 Å². The molecule has 0 bridgehead atoms. The number of anilines is 1. The molecule has 0 unspecified atom stereocenters. The van der Waals surface area contributed by atoms with Crippen LogP contribution in [0, 0.1) is 11.8 Å². The van der Waals surface area contributed by atoms with Gasteiger partial charge in [-0.15, -0.1) is 0 Å². The molecular weight excluding hydrogens is 408 g/mol. The Morgan fingerprint density at radius 3 is 2.44 bits per heavy atom. The van der Waals surface area contributed by atoms with E-state index in [-0.39, 0.29) is 23.6 Å². The van der Waals surface area contributed by atoms with Crippen molar-refractivity contribution in [3.05, 3.63) is 70.2 Å². The number of fused-ring (bicyclic) bond motifs is 5. The SMILES string of the molecule is O=C1NC(=O)[C@H]2[C@@H]1[C@H](C(=O)c1ccc(Br)cc1)N1c3ccccc3C=C[C@H]21. The number of benzene rings is 2. The van der Waals surface area contributed by atoms with Crippen molar-refractivity contribution in [3.8, 4) is 0 Å². The number of para-hydroxylation sites is 1. The Hall–Kier alpha value is -2.73. The summed E-state index contributed by atoms with van der Waals surface area (Å²) >= 11 is 3.38. The number of hydrogen-bond acceptors (Lipinski definition) is 4. The van der Waals surface area contributed by atoms with E-state index in [1.54, 1.807) is 24.3 Å². The van der Waals surface area contributed by atoms with Gasteiger partial charge in [0, 0.05) is 15.7 Å². The van der Waals surface area contributed by atoms with Gasteiger partial charge in [0.1, 0.15) is 6.04 Å². The number of amides is 2. The summed E-state index contributed by atoms with van der Waals surface area (Å²) in [6.45, 7) is 0. The minimum absolute atomic E-state index is 0.144. The van der Waals surface area contributed by atoms with Gasteiger partial charge >= 0.3 is 0 Å². The van der Waals surface area contributed by atoms with E-state index in [1.807, 2.05) is 41.3 Å². The van der Waals surface area contributed by atoms with Crippen molar-refractivity contribution in [3.63, 3.8) is 0 Å². The fraction of sp³-hybridized carbons (Fsp3) is 0.190. The molecule has 4 atom stereocenters. The highest BCUT2D eigenvalue weighted by Gasteiger charge is 2.61. The van der Waals surface area contributed by atoms with Crippen LogP contribution >= 0.6 is 15.9 Å². The minimum atomic E-state index is -0.710. The highest BCUT2D eigenvalue weighted by molar-refractivity contribution is 9.10. The maximum atomic E-state index is 13.4. The summed E-state index contributed by atoms with van der Waals surface area (Å²) in [5.74, 6) is -2.04. The number of halogens is 1. The Morgan fingerprint density at radius 2 is 1.67 bits per heavy atom. The smallest absolute Gasteiger partial charge is 0.233 e. The number of carbonyl (C=O) groups excluding carboxylic acids is 3. The summed E-state index contributed by atoms with van der Waals surface area (Å²) in [5, 5.41) is 2.42. The molecule has 2 saturated heterocycles. The predicted molar refractivity (Wildman–Crippen MR) is 104 cm³/mol. The van der Waals surface area contributed by atoms with Gasteiger partial charge in [-0.2, -0.15) is 0 Å². The lowest BCUT2D eigenvalue weighted by Crippen LogP contribution is -2.47. The summed E-state index contributed by atoms with van der Waals surface area (Å²) in [6, 6.07) is 13.8. The van der Waals surface area contributed by atoms with Crippen LogP contribution in [0.15, 0.2) is 59.1 Å². The lowest BCUT2D eigenvalue weighted by molar-refractivity contribution is -0.126. The van der Waals surface area contributed by atoms with Gasteiger partial charge in [0.15, 0.2) is 5.78 Å². The second-order valence-electron chi connectivity index (χ2n) is 7.04. The lowest BCUT2D eigenvalue weighted by atomic mass is 9.86. The van der Waals surface area contributed by atoms with Crippen molar-refractivity contribution >= 4 is 45.3 Å². The summed E-state index contributed by atoms with van der Waals surface area (Å²) < 4.78 is 0.876. The molecule has 27 heavy (non-hydrogen) atoms. The van der Waals surface area contributed by atoms with E-state index in [9.17, 15) is 14.4 Å². The van der Waals surface area contributed by atoms with Crippen LogP contribution in [-0.4, -0.2) is 29.7 Å². The standard InChI is InChI=1S/C21H15BrN2O3/c22-13-8-5-12(6-9-13)19(25)18-17-16(20(26)23-21(17)27)15-10-7-11-3-1-2-4-14(11)24(15)18/h1-10,15-18H,(H,23,26,27)/t15-,16-,17-,18-/m1/s1. The summed E-state index contributed by atoms with van der Waals surface area (Å²) in [4.78, 5) is 40.5. The molecule has 0 aromatic heterocycles. The molecule has 2 aromatic carbocycles. The molecule has 2 amide bonds. The number of nitrogens with one attached hydrogen (secondary N) is 1. The first-order valence-electron chi connectivity index (χ1n) is 8.76. The fourth-order valence-corrected chi connectivity index (χ4v) is 4.78. The molecule has 6 heteroatoms. The molecule has 2 aromatic rings. The number of ketones is 1. The van der Waals surface area contributed by atoms with E-state index < -0.39 is 17.9 Å². The van der Waals surface area contributed by atoms with Crippen molar-refractivity contribution in [2.75, 3.05) is 4.90 Å². The number of rotatable bonds is 2. The van der Waals surface area contributed by atoms with Crippen molar-refractivity contribution < 1.29 is 14.4 Å². The van der Waals surface area contributed by atoms with Crippen LogP contribution in [0.1, 0.15) is 15.9 Å². The van der Waals surface area contributed by atoms with Gasteiger partial charge < -0.3 is 4.90 Å². The van der Waals surface area contributed by atoms with E-state index in [1.165, 1.54) is 0 Å². The van der Waals surface area contributed by atoms with Crippen molar-refractivity contribution in [1.82, 2.24) is 5.32 Å². The molecule has 0 radical (unpaired) electrons. The third-order valence-corrected chi connectivity index (χ3v) is 6.18. The van der Waals surface area contributed by atoms with E-state index in [0.29, 0.717) is 5.56 Å². The van der Waals surface area contributed by atoms with Gasteiger partial charge in [0.25, 0.3) is 0 Å². The molecule has 0 saturated carbocycles. The van der Waals surface area contributed by atoms with Crippen LogP contribution in [0.2, 0.25) is 0 Å². The predicted octanol–water partition coefficient (Wildman–Crippen LogP) is 2.80. The van der Waals surface area contributed by atoms with Crippen LogP contribution in [0.5, 0.6) is 0 Å². The molecule has 0 spiro atoms. The molecular formula is C21H15BrN2O3. The summed E-state index contributed by atoms with van der Waals surface area (Å²) in [6.07, 6.45) is 3.91. The molecule has 1 N–H and O–H groups in total. The molecule has 3 heterocycles. The highest BCUT2D eigenvalue weighted by atomic mass is 79.9. The van der Waals surface area contributed by atoms with E-state index in [4.69, 9.17) is 0 Å². The Balaban J connectivity index is 1.66. The lowest BCUT2D eigenvalue weighted by Gasteiger charge is -2.35. The number of imide groups is 1. The fourth-order valence-electron chi connectivity index (χ4n) is 4.52. The summed E-state index contributed by atoms with van der Waals surface area (Å²) in [5.41, 5.74) is 2.40. The van der Waals surface area contributed by atoms with Crippen LogP contribution < -0.4 is 10.2 Å². The van der Waals surface area contributed by atoms with Crippen molar-refractivity contribution in [1.29, 1.82) is 0 Å². The Morgan fingerprint density at radius 1 is 0.963 bits per heavy atom. The third-order valence-electron chi connectivity index (χ3n) is 5.65. The zero-order valence-corrected chi connectivity index (χ0v) is 15.7. The molecule has 2 fully saturated rings. The zero-order chi connectivity index (χ0) is 18.7. The van der Waals surface area contributed by atoms with Crippen LogP contribution in [0.3, 0.4) is 0 Å². The quantitative estimate of drug-likeness (QED) is 0.596. The maximum absolute atomic E-state index is 13.4. The minimum Gasteiger partial charge on any atom is -0.352 e. The van der Waals surface area contributed by atoms with Gasteiger partial charge in [0.2, 0.25) is 11.8 Å².